The van der Waals surface area contributed by atoms with Gasteiger partial charge in [-0.15, -0.1) is 0 Å². The normalized spacial score (nSPS) is 18.3. The summed E-state index contributed by atoms with van der Waals surface area (Å²) < 4.78 is 19.2. The lowest BCUT2D eigenvalue weighted by molar-refractivity contribution is 0.393. The molecule has 0 amide bonds. The third kappa shape index (κ3) is 2.66. The third-order valence-electron chi connectivity index (χ3n) is 4.27. The Balaban J connectivity index is 1.81. The van der Waals surface area contributed by atoms with Crippen LogP contribution in [0.4, 0.5) is 4.39 Å². The van der Waals surface area contributed by atoms with E-state index < -0.39 is 0 Å². The van der Waals surface area contributed by atoms with Crippen molar-refractivity contribution < 1.29 is 9.13 Å². The van der Waals surface area contributed by atoms with Crippen molar-refractivity contribution in [2.75, 3.05) is 7.11 Å². The van der Waals surface area contributed by atoms with Gasteiger partial charge < -0.3 is 10.1 Å². The van der Waals surface area contributed by atoms with Crippen molar-refractivity contribution in [1.82, 2.24) is 5.32 Å². The molecule has 0 saturated heterocycles. The lowest BCUT2D eigenvalue weighted by Gasteiger charge is -2.22. The fourth-order valence-electron chi connectivity index (χ4n) is 3.20. The summed E-state index contributed by atoms with van der Waals surface area (Å²) in [5, 5.41) is 3.61. The van der Waals surface area contributed by atoms with Crippen LogP contribution in [0.5, 0.6) is 5.75 Å². The van der Waals surface area contributed by atoms with Gasteiger partial charge in [0.05, 0.1) is 7.11 Å². The number of benzene rings is 2. The molecule has 2 nitrogen and oxygen atoms in total. The lowest BCUT2D eigenvalue weighted by Crippen LogP contribution is -2.23. The Labute approximate surface area is 125 Å². The van der Waals surface area contributed by atoms with Gasteiger partial charge in [-0.05, 0) is 43.0 Å². The summed E-state index contributed by atoms with van der Waals surface area (Å²) in [7, 11) is 1.69. The molecule has 21 heavy (non-hydrogen) atoms. The molecule has 2 atom stereocenters. The largest absolute Gasteiger partial charge is 0.496 e. The van der Waals surface area contributed by atoms with Crippen molar-refractivity contribution in [1.29, 1.82) is 0 Å². The third-order valence-corrected chi connectivity index (χ3v) is 4.27. The zero-order valence-electron chi connectivity index (χ0n) is 12.4. The Hall–Kier alpha value is -1.87. The van der Waals surface area contributed by atoms with Gasteiger partial charge in [0.25, 0.3) is 0 Å². The van der Waals surface area contributed by atoms with Crippen LogP contribution in [0, 0.1) is 5.82 Å². The molecule has 0 fully saturated rings. The molecule has 3 rings (SSSR count). The molecule has 2 aromatic rings. The molecule has 0 radical (unpaired) electrons. The molecule has 110 valence electrons. The predicted octanol–water partition coefficient (Wildman–Crippen LogP) is 4.17. The minimum atomic E-state index is -0.0817. The van der Waals surface area contributed by atoms with Crippen LogP contribution in [0.15, 0.2) is 42.5 Å². The van der Waals surface area contributed by atoms with Gasteiger partial charge in [0.15, 0.2) is 0 Å². The summed E-state index contributed by atoms with van der Waals surface area (Å²) >= 11 is 0. The van der Waals surface area contributed by atoms with Gasteiger partial charge in [-0.25, -0.2) is 4.39 Å². The second-order valence-electron chi connectivity index (χ2n) is 5.53. The number of halogens is 1. The fraction of sp³-hybridized carbons (Fsp3) is 0.333. The van der Waals surface area contributed by atoms with Crippen LogP contribution in [0.25, 0.3) is 0 Å². The zero-order chi connectivity index (χ0) is 14.8. The van der Waals surface area contributed by atoms with Crippen LogP contribution in [-0.4, -0.2) is 7.11 Å². The molecular formula is C18H20FNO. The summed E-state index contributed by atoms with van der Waals surface area (Å²) in [6.45, 7) is 2.12. The Morgan fingerprint density at radius 3 is 2.81 bits per heavy atom. The quantitative estimate of drug-likeness (QED) is 0.910. The van der Waals surface area contributed by atoms with Gasteiger partial charge in [0, 0.05) is 17.6 Å². The van der Waals surface area contributed by atoms with Crippen LogP contribution in [-0.2, 0) is 6.42 Å². The monoisotopic (exact) mass is 285 g/mol. The van der Waals surface area contributed by atoms with Crippen molar-refractivity contribution in [2.24, 2.45) is 0 Å². The molecule has 0 heterocycles. The topological polar surface area (TPSA) is 21.3 Å². The number of rotatable bonds is 4. The molecule has 1 unspecified atom stereocenters. The molecule has 2 aromatic carbocycles. The van der Waals surface area contributed by atoms with E-state index in [0.717, 1.165) is 35.3 Å². The number of hydrogen-bond acceptors (Lipinski definition) is 2. The number of methoxy groups -OCH3 is 1. The van der Waals surface area contributed by atoms with E-state index in [1.54, 1.807) is 19.2 Å². The lowest BCUT2D eigenvalue weighted by atomic mass is 10.0. The van der Waals surface area contributed by atoms with Gasteiger partial charge in [-0.3, -0.25) is 0 Å². The number of fused-ring (bicyclic) bond motifs is 1. The Bertz CT molecular complexity index is 641. The first-order valence-electron chi connectivity index (χ1n) is 7.37. The molecule has 0 bridgehead atoms. The first-order chi connectivity index (χ1) is 10.2. The van der Waals surface area contributed by atoms with Crippen LogP contribution < -0.4 is 10.1 Å². The number of para-hydroxylation sites is 1. The van der Waals surface area contributed by atoms with E-state index in [0.29, 0.717) is 0 Å². The van der Waals surface area contributed by atoms with Crippen LogP contribution in [0.1, 0.15) is 42.1 Å². The number of ether oxygens (including phenoxy) is 1. The van der Waals surface area contributed by atoms with E-state index >= 15 is 0 Å². The Morgan fingerprint density at radius 1 is 1.19 bits per heavy atom. The van der Waals surface area contributed by atoms with E-state index in [2.05, 4.69) is 18.3 Å². The predicted molar refractivity (Wildman–Crippen MR) is 82.0 cm³/mol. The van der Waals surface area contributed by atoms with E-state index in [-0.39, 0.29) is 17.9 Å². The van der Waals surface area contributed by atoms with Gasteiger partial charge >= 0.3 is 0 Å². The first kappa shape index (κ1) is 14.1. The van der Waals surface area contributed by atoms with E-state index in [4.69, 9.17) is 4.74 Å². The van der Waals surface area contributed by atoms with Crippen molar-refractivity contribution in [3.05, 3.63) is 65.0 Å². The minimum Gasteiger partial charge on any atom is -0.496 e. The van der Waals surface area contributed by atoms with Gasteiger partial charge in [0.1, 0.15) is 11.6 Å². The summed E-state index contributed by atoms with van der Waals surface area (Å²) in [5.41, 5.74) is 3.09. The SMILES string of the molecule is COc1ccccc1[C@H](C)NC1CCc2c(F)cccc21. The number of nitrogens with one attached hydrogen (secondary N) is 1. The van der Waals surface area contributed by atoms with Gasteiger partial charge in [-0.1, -0.05) is 30.3 Å². The molecule has 3 heteroatoms. The van der Waals surface area contributed by atoms with Crippen molar-refractivity contribution in [3.63, 3.8) is 0 Å². The van der Waals surface area contributed by atoms with Gasteiger partial charge in [-0.2, -0.15) is 0 Å². The summed E-state index contributed by atoms with van der Waals surface area (Å²) in [6, 6.07) is 13.7. The standard InChI is InChI=1S/C18H20FNO/c1-12(13-6-3-4-9-18(13)21-2)20-17-11-10-14-15(17)7-5-8-16(14)19/h3-9,12,17,20H,10-11H2,1-2H3/t12-,17?/m0/s1. The molecule has 1 aliphatic carbocycles. The van der Waals surface area contributed by atoms with Gasteiger partial charge in [0.2, 0.25) is 0 Å². The number of hydrogen-bond donors (Lipinski definition) is 1. The van der Waals surface area contributed by atoms with E-state index in [1.165, 1.54) is 0 Å². The zero-order valence-corrected chi connectivity index (χ0v) is 12.4. The summed E-state index contributed by atoms with van der Waals surface area (Å²) in [4.78, 5) is 0. The molecule has 0 aliphatic heterocycles. The highest BCUT2D eigenvalue weighted by Crippen LogP contribution is 2.35. The second-order valence-corrected chi connectivity index (χ2v) is 5.53. The average molecular weight is 285 g/mol. The fourth-order valence-corrected chi connectivity index (χ4v) is 3.20. The maximum atomic E-state index is 13.8. The van der Waals surface area contributed by atoms with Crippen LogP contribution in [0.3, 0.4) is 0 Å². The molecule has 0 aromatic heterocycles. The molecule has 1 aliphatic rings. The van der Waals surface area contributed by atoms with E-state index in [1.807, 2.05) is 24.3 Å². The second kappa shape index (κ2) is 5.86. The van der Waals surface area contributed by atoms with Crippen LogP contribution >= 0.6 is 0 Å². The maximum absolute atomic E-state index is 13.8. The highest BCUT2D eigenvalue weighted by Gasteiger charge is 2.26. The minimum absolute atomic E-state index is 0.0817. The Kier molecular flexibility index (Phi) is 3.93. The highest BCUT2D eigenvalue weighted by molar-refractivity contribution is 5.38. The average Bonchev–Trinajstić information content (AvgIpc) is 2.92. The molecular weight excluding hydrogens is 265 g/mol. The van der Waals surface area contributed by atoms with Crippen molar-refractivity contribution in [3.8, 4) is 5.75 Å². The van der Waals surface area contributed by atoms with Crippen molar-refractivity contribution >= 4 is 0 Å². The molecule has 0 spiro atoms. The first-order valence-corrected chi connectivity index (χ1v) is 7.37. The van der Waals surface area contributed by atoms with E-state index in [9.17, 15) is 4.39 Å². The highest BCUT2D eigenvalue weighted by atomic mass is 19.1. The summed E-state index contributed by atoms with van der Waals surface area (Å²) in [5.74, 6) is 0.803. The molecule has 1 N–H and O–H groups in total. The Morgan fingerprint density at radius 2 is 2.00 bits per heavy atom. The molecule has 0 saturated carbocycles. The van der Waals surface area contributed by atoms with Crippen LogP contribution in [0.2, 0.25) is 0 Å². The smallest absolute Gasteiger partial charge is 0.126 e. The van der Waals surface area contributed by atoms with Crippen molar-refractivity contribution in [2.45, 2.75) is 31.8 Å². The summed E-state index contributed by atoms with van der Waals surface area (Å²) in [6.07, 6.45) is 1.74. The maximum Gasteiger partial charge on any atom is 0.126 e.